The highest BCUT2D eigenvalue weighted by atomic mass is 32.2. The third kappa shape index (κ3) is 5.19. The van der Waals surface area contributed by atoms with Gasteiger partial charge in [0.1, 0.15) is 0 Å². The maximum absolute atomic E-state index is 10.9. The molecule has 1 aromatic carbocycles. The van der Waals surface area contributed by atoms with Gasteiger partial charge >= 0.3 is 5.97 Å². The Hall–Kier alpha value is -2.68. The second kappa shape index (κ2) is 10.6. The van der Waals surface area contributed by atoms with E-state index in [1.165, 1.54) is 0 Å². The van der Waals surface area contributed by atoms with Crippen LogP contribution >= 0.6 is 11.8 Å². The van der Waals surface area contributed by atoms with Crippen LogP contribution in [0.1, 0.15) is 20.8 Å². The van der Waals surface area contributed by atoms with Crippen molar-refractivity contribution in [1.29, 1.82) is 0 Å². The molecule has 0 aliphatic rings. The molecule has 0 aliphatic carbocycles. The predicted molar refractivity (Wildman–Crippen MR) is 108 cm³/mol. The first kappa shape index (κ1) is 21.6. The largest absolute Gasteiger partial charge is 0.490 e. The number of rotatable bonds is 12. The minimum Gasteiger partial charge on any atom is -0.490 e. The van der Waals surface area contributed by atoms with Gasteiger partial charge in [0.2, 0.25) is 5.75 Å². The molecule has 0 aliphatic heterocycles. The number of carbonyl (C=O) groups is 1. The molecule has 1 aromatic heterocycles. The summed E-state index contributed by atoms with van der Waals surface area (Å²) in [5.74, 6) is 1.20. The minimum absolute atomic E-state index is 0.104. The van der Waals surface area contributed by atoms with Crippen molar-refractivity contribution in [1.82, 2.24) is 14.8 Å². The highest BCUT2D eigenvalue weighted by molar-refractivity contribution is 7.99. The van der Waals surface area contributed by atoms with Gasteiger partial charge in [0.15, 0.2) is 22.5 Å². The third-order valence-electron chi connectivity index (χ3n) is 3.52. The van der Waals surface area contributed by atoms with Gasteiger partial charge in [-0.3, -0.25) is 9.36 Å². The van der Waals surface area contributed by atoms with Gasteiger partial charge in [0, 0.05) is 12.1 Å². The van der Waals surface area contributed by atoms with Gasteiger partial charge in [0.25, 0.3) is 0 Å². The number of hydrogen-bond acceptors (Lipinski definition) is 7. The lowest BCUT2D eigenvalue weighted by Gasteiger charge is -2.17. The molecular weight excluding hydrogens is 382 g/mol. The molecule has 9 heteroatoms. The van der Waals surface area contributed by atoms with Crippen molar-refractivity contribution in [2.75, 3.05) is 25.6 Å². The van der Waals surface area contributed by atoms with Crippen LogP contribution in [0.5, 0.6) is 17.2 Å². The van der Waals surface area contributed by atoms with E-state index < -0.39 is 5.97 Å². The first-order valence-corrected chi connectivity index (χ1v) is 9.99. The van der Waals surface area contributed by atoms with Crippen LogP contribution in [0, 0.1) is 0 Å². The van der Waals surface area contributed by atoms with Crippen LogP contribution in [-0.2, 0) is 11.3 Å². The van der Waals surface area contributed by atoms with Crippen LogP contribution < -0.4 is 14.2 Å². The van der Waals surface area contributed by atoms with E-state index in [1.54, 1.807) is 6.08 Å². The second-order valence-corrected chi connectivity index (χ2v) is 6.43. The number of allylic oxidation sites excluding steroid dienone is 1. The number of benzene rings is 1. The summed E-state index contributed by atoms with van der Waals surface area (Å²) in [6.07, 6.45) is 1.71. The van der Waals surface area contributed by atoms with E-state index in [4.69, 9.17) is 19.3 Å². The molecule has 152 valence electrons. The zero-order valence-corrected chi connectivity index (χ0v) is 17.1. The Morgan fingerprint density at radius 2 is 1.75 bits per heavy atom. The van der Waals surface area contributed by atoms with Crippen LogP contribution in [-0.4, -0.2) is 51.4 Å². The summed E-state index contributed by atoms with van der Waals surface area (Å²) < 4.78 is 19.1. The summed E-state index contributed by atoms with van der Waals surface area (Å²) in [7, 11) is 0. The van der Waals surface area contributed by atoms with Crippen LogP contribution in [0.2, 0.25) is 0 Å². The van der Waals surface area contributed by atoms with Gasteiger partial charge in [0.05, 0.1) is 25.6 Å². The number of thioether (sulfide) groups is 1. The lowest BCUT2D eigenvalue weighted by Crippen LogP contribution is -2.05. The van der Waals surface area contributed by atoms with Gasteiger partial charge in [-0.25, -0.2) is 0 Å². The van der Waals surface area contributed by atoms with E-state index in [0.29, 0.717) is 54.6 Å². The van der Waals surface area contributed by atoms with Crippen LogP contribution in [0.15, 0.2) is 29.9 Å². The Labute approximate surface area is 168 Å². The average Bonchev–Trinajstić information content (AvgIpc) is 3.06. The topological polar surface area (TPSA) is 95.7 Å². The first-order chi connectivity index (χ1) is 13.5. The van der Waals surface area contributed by atoms with Crippen molar-refractivity contribution in [3.05, 3.63) is 24.8 Å². The molecule has 28 heavy (non-hydrogen) atoms. The number of hydrogen-bond donors (Lipinski definition) is 1. The fraction of sp³-hybridized carbons (Fsp3) is 0.421. The number of carboxylic acids is 1. The van der Waals surface area contributed by atoms with Crippen molar-refractivity contribution < 1.29 is 24.1 Å². The van der Waals surface area contributed by atoms with Crippen molar-refractivity contribution in [2.24, 2.45) is 0 Å². The molecule has 0 radical (unpaired) electrons. The van der Waals surface area contributed by atoms with E-state index in [1.807, 2.05) is 37.5 Å². The van der Waals surface area contributed by atoms with E-state index in [2.05, 4.69) is 16.8 Å². The molecule has 0 saturated carbocycles. The molecule has 0 spiro atoms. The van der Waals surface area contributed by atoms with E-state index in [9.17, 15) is 4.79 Å². The SMILES string of the molecule is C=CCn1c(SCC(=O)O)nnc1-c1cc(OCC)c(OCC)c(OCC)c1. The Morgan fingerprint density at radius 1 is 1.14 bits per heavy atom. The molecule has 0 fully saturated rings. The van der Waals surface area contributed by atoms with E-state index in [-0.39, 0.29) is 5.75 Å². The van der Waals surface area contributed by atoms with Crippen LogP contribution in [0.3, 0.4) is 0 Å². The fourth-order valence-electron chi connectivity index (χ4n) is 2.55. The average molecular weight is 407 g/mol. The summed E-state index contributed by atoms with van der Waals surface area (Å²) in [4.78, 5) is 10.9. The Morgan fingerprint density at radius 3 is 2.25 bits per heavy atom. The maximum Gasteiger partial charge on any atom is 0.313 e. The second-order valence-electron chi connectivity index (χ2n) is 5.49. The number of carboxylic acid groups (broad SMARTS) is 1. The summed E-state index contributed by atoms with van der Waals surface area (Å²) >= 11 is 1.11. The number of ether oxygens (including phenoxy) is 3. The molecule has 8 nitrogen and oxygen atoms in total. The molecule has 1 heterocycles. The van der Waals surface area contributed by atoms with Crippen molar-refractivity contribution in [3.8, 4) is 28.6 Å². The molecule has 2 rings (SSSR count). The normalized spacial score (nSPS) is 10.5. The summed E-state index contributed by atoms with van der Waals surface area (Å²) in [6.45, 7) is 11.3. The molecule has 0 unspecified atom stereocenters. The molecular formula is C19H25N3O5S. The van der Waals surface area contributed by atoms with Crippen molar-refractivity contribution in [3.63, 3.8) is 0 Å². The third-order valence-corrected chi connectivity index (χ3v) is 4.47. The summed E-state index contributed by atoms with van der Waals surface area (Å²) in [5, 5.41) is 17.9. The highest BCUT2D eigenvalue weighted by Gasteiger charge is 2.20. The number of nitrogens with zero attached hydrogens (tertiary/aromatic N) is 3. The lowest BCUT2D eigenvalue weighted by molar-refractivity contribution is -0.133. The molecule has 0 saturated heterocycles. The van der Waals surface area contributed by atoms with E-state index in [0.717, 1.165) is 17.3 Å². The lowest BCUT2D eigenvalue weighted by atomic mass is 10.1. The Bertz CT molecular complexity index is 795. The Kier molecular flexibility index (Phi) is 8.19. The van der Waals surface area contributed by atoms with Crippen molar-refractivity contribution in [2.45, 2.75) is 32.5 Å². The standard InChI is InChI=1S/C19H25N3O5S/c1-5-9-22-18(20-21-19(22)28-12-16(23)24)13-10-14(25-6-2)17(27-8-4)15(11-13)26-7-3/h5,10-11H,1,6-9,12H2,2-4H3,(H,23,24). The molecule has 0 amide bonds. The molecule has 1 N–H and O–H groups in total. The highest BCUT2D eigenvalue weighted by Crippen LogP contribution is 2.42. The zero-order chi connectivity index (χ0) is 20.5. The monoisotopic (exact) mass is 407 g/mol. The predicted octanol–water partition coefficient (Wildman–Crippen LogP) is 3.50. The van der Waals surface area contributed by atoms with Gasteiger partial charge in [-0.1, -0.05) is 17.8 Å². The molecule has 0 atom stereocenters. The van der Waals surface area contributed by atoms with Crippen LogP contribution in [0.25, 0.3) is 11.4 Å². The number of aliphatic carboxylic acids is 1. The van der Waals surface area contributed by atoms with Gasteiger partial charge in [-0.15, -0.1) is 16.8 Å². The Balaban J connectivity index is 2.56. The maximum atomic E-state index is 10.9. The summed E-state index contributed by atoms with van der Waals surface area (Å²) in [5.41, 5.74) is 0.729. The minimum atomic E-state index is -0.918. The van der Waals surface area contributed by atoms with Gasteiger partial charge < -0.3 is 19.3 Å². The number of aromatic nitrogens is 3. The van der Waals surface area contributed by atoms with Crippen LogP contribution in [0.4, 0.5) is 0 Å². The zero-order valence-electron chi connectivity index (χ0n) is 16.3. The molecule has 0 bridgehead atoms. The van der Waals surface area contributed by atoms with Gasteiger partial charge in [-0.05, 0) is 32.9 Å². The quantitative estimate of drug-likeness (QED) is 0.422. The molecule has 2 aromatic rings. The van der Waals surface area contributed by atoms with Crippen molar-refractivity contribution >= 4 is 17.7 Å². The first-order valence-electron chi connectivity index (χ1n) is 9.01. The summed E-state index contributed by atoms with van der Waals surface area (Å²) in [6, 6.07) is 3.65. The smallest absolute Gasteiger partial charge is 0.313 e. The fourth-order valence-corrected chi connectivity index (χ4v) is 3.21. The van der Waals surface area contributed by atoms with E-state index >= 15 is 0 Å². The van der Waals surface area contributed by atoms with Gasteiger partial charge in [-0.2, -0.15) is 0 Å².